The summed E-state index contributed by atoms with van der Waals surface area (Å²) < 4.78 is 45.6. The summed E-state index contributed by atoms with van der Waals surface area (Å²) in [6.07, 6.45) is -3.39. The maximum absolute atomic E-state index is 12.3. The Hall–Kier alpha value is -2.78. The van der Waals surface area contributed by atoms with E-state index in [0.29, 0.717) is 5.56 Å². The fourth-order valence-corrected chi connectivity index (χ4v) is 3.19. The van der Waals surface area contributed by atoms with Gasteiger partial charge in [0.25, 0.3) is 5.91 Å². The quantitative estimate of drug-likeness (QED) is 0.662. The van der Waals surface area contributed by atoms with Gasteiger partial charge in [-0.2, -0.15) is 11.3 Å². The summed E-state index contributed by atoms with van der Waals surface area (Å²) in [5.41, 5.74) is -0.897. The van der Waals surface area contributed by atoms with Crippen molar-refractivity contribution in [2.75, 3.05) is 6.54 Å². The van der Waals surface area contributed by atoms with Crippen molar-refractivity contribution in [3.8, 4) is 5.75 Å². The summed E-state index contributed by atoms with van der Waals surface area (Å²) in [6.45, 7) is -0.184. The van der Waals surface area contributed by atoms with Gasteiger partial charge in [0.15, 0.2) is 5.60 Å². The molecule has 0 aliphatic heterocycles. The molecule has 3 rings (SSSR count). The Labute approximate surface area is 156 Å². The van der Waals surface area contributed by atoms with Gasteiger partial charge in [-0.1, -0.05) is 0 Å². The lowest BCUT2D eigenvalue weighted by molar-refractivity contribution is -0.274. The summed E-state index contributed by atoms with van der Waals surface area (Å²) in [4.78, 5) is 12.3. The number of aliphatic hydroxyl groups is 1. The number of carbonyl (C=O) groups is 1. The summed E-state index contributed by atoms with van der Waals surface area (Å²) in [6, 6.07) is 9.41. The zero-order valence-electron chi connectivity index (χ0n) is 13.7. The van der Waals surface area contributed by atoms with E-state index < -0.39 is 23.6 Å². The predicted octanol–water partition coefficient (Wildman–Crippen LogP) is 3.91. The SMILES string of the molecule is O=C(NC[C@](O)(c1ccsc1)c1ccco1)c1ccc(OC(F)(F)F)cc1. The number of ether oxygens (including phenoxy) is 1. The monoisotopic (exact) mass is 397 g/mol. The van der Waals surface area contributed by atoms with E-state index in [1.807, 2.05) is 0 Å². The fraction of sp³-hybridized carbons (Fsp3) is 0.167. The number of benzene rings is 1. The molecule has 0 aliphatic carbocycles. The molecule has 1 aromatic carbocycles. The first-order valence-electron chi connectivity index (χ1n) is 7.71. The van der Waals surface area contributed by atoms with Crippen LogP contribution in [0.25, 0.3) is 0 Å². The van der Waals surface area contributed by atoms with Crippen molar-refractivity contribution in [1.82, 2.24) is 5.32 Å². The van der Waals surface area contributed by atoms with Crippen LogP contribution in [0.1, 0.15) is 21.7 Å². The molecular weight excluding hydrogens is 383 g/mol. The number of furan rings is 1. The number of rotatable bonds is 6. The number of carbonyl (C=O) groups excluding carboxylic acids is 1. The molecule has 2 aromatic heterocycles. The van der Waals surface area contributed by atoms with Crippen LogP contribution in [0, 0.1) is 0 Å². The Balaban J connectivity index is 1.72. The molecule has 2 N–H and O–H groups in total. The van der Waals surface area contributed by atoms with E-state index >= 15 is 0 Å². The van der Waals surface area contributed by atoms with E-state index in [1.165, 1.54) is 29.7 Å². The van der Waals surface area contributed by atoms with Crippen molar-refractivity contribution in [2.24, 2.45) is 0 Å². The van der Waals surface area contributed by atoms with Gasteiger partial charge in [-0.05, 0) is 53.2 Å². The smallest absolute Gasteiger partial charge is 0.466 e. The van der Waals surface area contributed by atoms with E-state index in [4.69, 9.17) is 4.42 Å². The third-order valence-electron chi connectivity index (χ3n) is 3.78. The van der Waals surface area contributed by atoms with E-state index in [0.717, 1.165) is 12.1 Å². The van der Waals surface area contributed by atoms with Gasteiger partial charge in [0, 0.05) is 11.1 Å². The molecule has 1 atom stereocenters. The molecule has 0 spiro atoms. The molecule has 0 aliphatic rings. The van der Waals surface area contributed by atoms with Crippen molar-refractivity contribution in [2.45, 2.75) is 12.0 Å². The molecule has 27 heavy (non-hydrogen) atoms. The topological polar surface area (TPSA) is 71.7 Å². The first-order chi connectivity index (χ1) is 12.8. The predicted molar refractivity (Wildman–Crippen MR) is 91.5 cm³/mol. The summed E-state index contributed by atoms with van der Waals surface area (Å²) >= 11 is 1.38. The van der Waals surface area contributed by atoms with Gasteiger partial charge in [0.05, 0.1) is 12.8 Å². The second-order valence-electron chi connectivity index (χ2n) is 5.60. The van der Waals surface area contributed by atoms with E-state index in [-0.39, 0.29) is 17.9 Å². The molecule has 142 valence electrons. The number of thiophene rings is 1. The van der Waals surface area contributed by atoms with Crippen molar-refractivity contribution in [3.05, 3.63) is 76.4 Å². The van der Waals surface area contributed by atoms with Crippen molar-refractivity contribution < 1.29 is 32.2 Å². The highest BCUT2D eigenvalue weighted by molar-refractivity contribution is 7.08. The number of alkyl halides is 3. The van der Waals surface area contributed by atoms with Crippen LogP contribution < -0.4 is 10.1 Å². The Morgan fingerprint density at radius 1 is 1.19 bits per heavy atom. The molecule has 0 bridgehead atoms. The maximum Gasteiger partial charge on any atom is 0.573 e. The highest BCUT2D eigenvalue weighted by Gasteiger charge is 2.35. The number of amides is 1. The lowest BCUT2D eigenvalue weighted by atomic mass is 9.93. The Morgan fingerprint density at radius 3 is 2.48 bits per heavy atom. The van der Waals surface area contributed by atoms with Crippen LogP contribution in [-0.2, 0) is 5.60 Å². The molecule has 1 amide bonds. The third-order valence-corrected chi connectivity index (χ3v) is 4.47. The zero-order chi connectivity index (χ0) is 19.5. The molecule has 0 saturated heterocycles. The zero-order valence-corrected chi connectivity index (χ0v) is 14.5. The minimum absolute atomic E-state index is 0.122. The van der Waals surface area contributed by atoms with E-state index in [1.54, 1.807) is 29.0 Å². The van der Waals surface area contributed by atoms with Crippen LogP contribution in [-0.4, -0.2) is 23.9 Å². The largest absolute Gasteiger partial charge is 0.573 e. The van der Waals surface area contributed by atoms with Gasteiger partial charge in [0.2, 0.25) is 0 Å². The highest BCUT2D eigenvalue weighted by atomic mass is 32.1. The van der Waals surface area contributed by atoms with E-state index in [2.05, 4.69) is 10.1 Å². The summed E-state index contributed by atoms with van der Waals surface area (Å²) in [5, 5.41) is 17.1. The number of hydrogen-bond acceptors (Lipinski definition) is 5. The molecule has 3 aromatic rings. The van der Waals surface area contributed by atoms with Gasteiger partial charge < -0.3 is 19.6 Å². The highest BCUT2D eigenvalue weighted by Crippen LogP contribution is 2.31. The van der Waals surface area contributed by atoms with Crippen molar-refractivity contribution >= 4 is 17.2 Å². The minimum Gasteiger partial charge on any atom is -0.466 e. The maximum atomic E-state index is 12.3. The van der Waals surface area contributed by atoms with Gasteiger partial charge in [-0.15, -0.1) is 13.2 Å². The van der Waals surface area contributed by atoms with E-state index in [9.17, 15) is 23.1 Å². The molecule has 5 nitrogen and oxygen atoms in total. The van der Waals surface area contributed by atoms with Crippen molar-refractivity contribution in [1.29, 1.82) is 0 Å². The lowest BCUT2D eigenvalue weighted by Gasteiger charge is -2.25. The molecule has 9 heteroatoms. The van der Waals surface area contributed by atoms with Crippen LogP contribution in [0.2, 0.25) is 0 Å². The number of halogens is 3. The van der Waals surface area contributed by atoms with Crippen LogP contribution in [0.3, 0.4) is 0 Å². The van der Waals surface area contributed by atoms with Crippen LogP contribution >= 0.6 is 11.3 Å². The van der Waals surface area contributed by atoms with Crippen LogP contribution in [0.5, 0.6) is 5.75 Å². The second-order valence-corrected chi connectivity index (χ2v) is 6.38. The molecule has 0 fully saturated rings. The number of nitrogens with one attached hydrogen (secondary N) is 1. The van der Waals surface area contributed by atoms with Crippen molar-refractivity contribution in [3.63, 3.8) is 0 Å². The minimum atomic E-state index is -4.80. The molecule has 0 saturated carbocycles. The first-order valence-corrected chi connectivity index (χ1v) is 8.65. The lowest BCUT2D eigenvalue weighted by Crippen LogP contribution is -2.41. The summed E-state index contributed by atoms with van der Waals surface area (Å²) in [5.74, 6) is -0.728. The average molecular weight is 397 g/mol. The summed E-state index contributed by atoms with van der Waals surface area (Å²) in [7, 11) is 0. The van der Waals surface area contributed by atoms with Gasteiger partial charge >= 0.3 is 6.36 Å². The number of hydrogen-bond donors (Lipinski definition) is 2. The van der Waals surface area contributed by atoms with Crippen LogP contribution in [0.15, 0.2) is 63.9 Å². The second kappa shape index (κ2) is 7.45. The Kier molecular flexibility index (Phi) is 5.24. The standard InChI is InChI=1S/C18H14F3NO4S/c19-18(20,21)26-14-5-3-12(4-6-14)16(23)22-11-17(24,13-7-9-27-10-13)15-2-1-8-25-15/h1-10,24H,11H2,(H,22,23)/t17-/m0/s1. The molecular formula is C18H14F3NO4S. The molecule has 0 radical (unpaired) electrons. The van der Waals surface area contributed by atoms with Gasteiger partial charge in [-0.3, -0.25) is 4.79 Å². The first kappa shape index (κ1) is 19.0. The average Bonchev–Trinajstić information content (AvgIpc) is 3.32. The third kappa shape index (κ3) is 4.50. The fourth-order valence-electron chi connectivity index (χ4n) is 2.46. The Morgan fingerprint density at radius 2 is 1.93 bits per heavy atom. The van der Waals surface area contributed by atoms with Crippen LogP contribution in [0.4, 0.5) is 13.2 Å². The van der Waals surface area contributed by atoms with Gasteiger partial charge in [-0.25, -0.2) is 0 Å². The Bertz CT molecular complexity index is 840. The normalized spacial score (nSPS) is 13.8. The molecule has 2 heterocycles. The van der Waals surface area contributed by atoms with Gasteiger partial charge in [0.1, 0.15) is 11.5 Å². The molecule has 0 unspecified atom stereocenters.